The molecule has 33 heavy (non-hydrogen) atoms. The van der Waals surface area contributed by atoms with Gasteiger partial charge in [-0.15, -0.1) is 0 Å². The van der Waals surface area contributed by atoms with Gasteiger partial charge >= 0.3 is 0 Å². The van der Waals surface area contributed by atoms with Crippen molar-refractivity contribution in [2.24, 2.45) is 5.10 Å². The molecule has 0 bridgehead atoms. The van der Waals surface area contributed by atoms with E-state index in [1.54, 1.807) is 6.07 Å². The lowest BCUT2D eigenvalue weighted by Crippen LogP contribution is -2.19. The number of aromatic nitrogens is 2. The molecule has 4 rings (SSSR count). The summed E-state index contributed by atoms with van der Waals surface area (Å²) < 4.78 is 6.79. The fourth-order valence-electron chi connectivity index (χ4n) is 3.01. The highest BCUT2D eigenvalue weighted by Gasteiger charge is 2.11. The van der Waals surface area contributed by atoms with E-state index in [4.69, 9.17) is 16.3 Å². The van der Waals surface area contributed by atoms with Crippen molar-refractivity contribution in [3.63, 3.8) is 0 Å². The molecule has 0 spiro atoms. The van der Waals surface area contributed by atoms with E-state index in [2.05, 4.69) is 36.7 Å². The van der Waals surface area contributed by atoms with Crippen LogP contribution in [0, 0.1) is 0 Å². The lowest BCUT2D eigenvalue weighted by atomic mass is 10.1. The molecule has 0 unspecified atom stereocenters. The maximum Gasteiger partial charge on any atom is 0.289 e. The zero-order valence-electron chi connectivity index (χ0n) is 17.7. The lowest BCUT2D eigenvalue weighted by molar-refractivity contribution is 0.0950. The summed E-state index contributed by atoms with van der Waals surface area (Å²) in [5, 5.41) is 11.9. The van der Waals surface area contributed by atoms with Crippen LogP contribution in [0.1, 0.15) is 28.5 Å². The molecule has 4 aromatic rings. The first-order valence-corrected chi connectivity index (χ1v) is 11.3. The summed E-state index contributed by atoms with van der Waals surface area (Å²) in [6.07, 6.45) is 0. The van der Waals surface area contributed by atoms with E-state index in [1.807, 2.05) is 79.7 Å². The van der Waals surface area contributed by atoms with Gasteiger partial charge in [0.15, 0.2) is 0 Å². The van der Waals surface area contributed by atoms with Gasteiger partial charge in [0, 0.05) is 15.1 Å². The van der Waals surface area contributed by atoms with E-state index < -0.39 is 0 Å². The number of amides is 1. The number of nitrogens with zero attached hydrogens (tertiary/aromatic N) is 2. The number of aromatic amines is 1. The molecule has 0 fully saturated rings. The first-order valence-electron chi connectivity index (χ1n) is 10.1. The summed E-state index contributed by atoms with van der Waals surface area (Å²) in [4.78, 5) is 12.4. The lowest BCUT2D eigenvalue weighted by Gasteiger charge is -2.07. The van der Waals surface area contributed by atoms with Crippen LogP contribution in [0.5, 0.6) is 5.75 Å². The van der Waals surface area contributed by atoms with Gasteiger partial charge in [0.05, 0.1) is 11.4 Å². The van der Waals surface area contributed by atoms with Gasteiger partial charge < -0.3 is 4.74 Å². The number of nitrogens with one attached hydrogen (secondary N) is 2. The molecule has 166 valence electrons. The molecule has 1 aromatic heterocycles. The van der Waals surface area contributed by atoms with Crippen LogP contribution < -0.4 is 10.2 Å². The maximum atomic E-state index is 12.4. The van der Waals surface area contributed by atoms with Crippen LogP contribution in [-0.2, 0) is 6.61 Å². The van der Waals surface area contributed by atoms with Crippen molar-refractivity contribution < 1.29 is 9.53 Å². The van der Waals surface area contributed by atoms with Gasteiger partial charge in [0.2, 0.25) is 0 Å². The Morgan fingerprint density at radius 3 is 2.45 bits per heavy atom. The third kappa shape index (κ3) is 6.09. The molecule has 0 atom stereocenters. The largest absolute Gasteiger partial charge is 0.489 e. The van der Waals surface area contributed by atoms with Crippen LogP contribution >= 0.6 is 27.5 Å². The molecule has 2 N–H and O–H groups in total. The highest BCUT2D eigenvalue weighted by Crippen LogP contribution is 2.22. The van der Waals surface area contributed by atoms with Crippen LogP contribution in [0.25, 0.3) is 11.3 Å². The monoisotopic (exact) mass is 522 g/mol. The number of hydrogen-bond acceptors (Lipinski definition) is 4. The first kappa shape index (κ1) is 22.8. The van der Waals surface area contributed by atoms with Gasteiger partial charge in [0.1, 0.15) is 18.1 Å². The van der Waals surface area contributed by atoms with E-state index in [-0.39, 0.29) is 5.91 Å². The number of H-pyrrole nitrogens is 1. The summed E-state index contributed by atoms with van der Waals surface area (Å²) in [5.74, 6) is 0.369. The number of halogens is 2. The third-order valence-corrected chi connectivity index (χ3v) is 5.66. The Balaban J connectivity index is 1.36. The molecule has 0 aliphatic rings. The van der Waals surface area contributed by atoms with Gasteiger partial charge in [0.25, 0.3) is 5.91 Å². The minimum Gasteiger partial charge on any atom is -0.489 e. The smallest absolute Gasteiger partial charge is 0.289 e. The molecule has 0 saturated heterocycles. The maximum absolute atomic E-state index is 12.4. The van der Waals surface area contributed by atoms with Gasteiger partial charge in [-0.05, 0) is 72.6 Å². The second-order valence-corrected chi connectivity index (χ2v) is 8.60. The number of carbonyl (C=O) groups is 1. The predicted molar refractivity (Wildman–Crippen MR) is 134 cm³/mol. The number of benzene rings is 3. The zero-order chi connectivity index (χ0) is 23.2. The summed E-state index contributed by atoms with van der Waals surface area (Å²) >= 11 is 9.31. The van der Waals surface area contributed by atoms with Crippen molar-refractivity contribution in [3.05, 3.63) is 105 Å². The van der Waals surface area contributed by atoms with E-state index in [1.165, 1.54) is 0 Å². The van der Waals surface area contributed by atoms with Crippen molar-refractivity contribution in [3.8, 4) is 17.0 Å². The van der Waals surface area contributed by atoms with Crippen LogP contribution in [0.2, 0.25) is 5.02 Å². The van der Waals surface area contributed by atoms with Crippen molar-refractivity contribution in [1.29, 1.82) is 0 Å². The summed E-state index contributed by atoms with van der Waals surface area (Å²) in [7, 11) is 0. The standard InChI is InChI=1S/C25H20BrClN4O2/c1-16(18-4-8-20(26)9-5-18)28-31-25(32)24-14-23(29-30-24)19-6-12-22(13-7-19)33-15-17-2-10-21(27)11-3-17/h2-14H,15H2,1H3,(H,29,30)(H,31,32)/b28-16-. The quantitative estimate of drug-likeness (QED) is 0.223. The Morgan fingerprint density at radius 1 is 1.06 bits per heavy atom. The number of hydrazone groups is 1. The van der Waals surface area contributed by atoms with Crippen LogP contribution in [0.3, 0.4) is 0 Å². The Kier molecular flexibility index (Phi) is 7.22. The van der Waals surface area contributed by atoms with Crippen LogP contribution in [0.15, 0.2) is 88.4 Å². The van der Waals surface area contributed by atoms with E-state index in [9.17, 15) is 4.79 Å². The van der Waals surface area contributed by atoms with Gasteiger partial charge in [-0.3, -0.25) is 9.89 Å². The summed E-state index contributed by atoms with van der Waals surface area (Å²) in [6.45, 7) is 2.28. The average Bonchev–Trinajstić information content (AvgIpc) is 3.33. The van der Waals surface area contributed by atoms with E-state index in [0.29, 0.717) is 28.7 Å². The first-order chi connectivity index (χ1) is 16.0. The molecule has 0 aliphatic heterocycles. The number of rotatable bonds is 7. The Labute approximate surface area is 204 Å². The minimum absolute atomic E-state index is 0.320. The second-order valence-electron chi connectivity index (χ2n) is 7.25. The summed E-state index contributed by atoms with van der Waals surface area (Å²) in [5.41, 5.74) is 7.04. The van der Waals surface area contributed by atoms with Crippen molar-refractivity contribution >= 4 is 39.1 Å². The highest BCUT2D eigenvalue weighted by molar-refractivity contribution is 9.10. The van der Waals surface area contributed by atoms with E-state index in [0.717, 1.165) is 26.9 Å². The van der Waals surface area contributed by atoms with Crippen molar-refractivity contribution in [1.82, 2.24) is 15.6 Å². The van der Waals surface area contributed by atoms with Crippen LogP contribution in [-0.4, -0.2) is 21.8 Å². The van der Waals surface area contributed by atoms with Crippen molar-refractivity contribution in [2.75, 3.05) is 0 Å². The Hall–Kier alpha value is -3.42. The van der Waals surface area contributed by atoms with Crippen molar-refractivity contribution in [2.45, 2.75) is 13.5 Å². The molecule has 6 nitrogen and oxygen atoms in total. The number of ether oxygens (including phenoxy) is 1. The molecule has 0 saturated carbocycles. The summed E-state index contributed by atoms with van der Waals surface area (Å²) in [6, 6.07) is 24.4. The number of hydrogen-bond donors (Lipinski definition) is 2. The fraction of sp³-hybridized carbons (Fsp3) is 0.0800. The Morgan fingerprint density at radius 2 is 1.76 bits per heavy atom. The topological polar surface area (TPSA) is 79.4 Å². The molecule has 0 radical (unpaired) electrons. The number of carbonyl (C=O) groups excluding carboxylic acids is 1. The SMILES string of the molecule is C/C(=N/NC(=O)c1cc(-c2ccc(OCc3ccc(Cl)cc3)cc2)n[nH]1)c1ccc(Br)cc1. The molecule has 1 amide bonds. The molecular weight excluding hydrogens is 504 g/mol. The third-order valence-electron chi connectivity index (χ3n) is 4.88. The van der Waals surface area contributed by atoms with Gasteiger partial charge in [-0.1, -0.05) is 51.8 Å². The van der Waals surface area contributed by atoms with Gasteiger partial charge in [-0.25, -0.2) is 5.43 Å². The highest BCUT2D eigenvalue weighted by atomic mass is 79.9. The second kappa shape index (κ2) is 10.5. The fourth-order valence-corrected chi connectivity index (χ4v) is 3.40. The van der Waals surface area contributed by atoms with E-state index >= 15 is 0 Å². The normalized spacial score (nSPS) is 11.3. The van der Waals surface area contributed by atoms with Gasteiger partial charge in [-0.2, -0.15) is 10.2 Å². The Bertz CT molecular complexity index is 1270. The zero-order valence-corrected chi connectivity index (χ0v) is 20.0. The molecule has 1 heterocycles. The minimum atomic E-state index is -0.367. The molecule has 0 aliphatic carbocycles. The molecular formula is C25H20BrClN4O2. The molecule has 3 aromatic carbocycles. The average molecular weight is 524 g/mol. The predicted octanol–water partition coefficient (Wildman–Crippen LogP) is 6.23. The van der Waals surface area contributed by atoms with Crippen LogP contribution in [0.4, 0.5) is 0 Å². The molecule has 8 heteroatoms.